The van der Waals surface area contributed by atoms with Crippen LogP contribution in [0.25, 0.3) is 11.8 Å². The maximum Gasteiger partial charge on any atom is 0.328 e. The van der Waals surface area contributed by atoms with E-state index >= 15 is 0 Å². The number of carbonyl (C=O) groups is 1. The van der Waals surface area contributed by atoms with Crippen LogP contribution in [0.4, 0.5) is 5.69 Å². The molecular weight excluding hydrogens is 426 g/mol. The van der Waals surface area contributed by atoms with Crippen molar-refractivity contribution in [3.05, 3.63) is 53.9 Å². The summed E-state index contributed by atoms with van der Waals surface area (Å²) in [5, 5.41) is 19.9. The van der Waals surface area contributed by atoms with Crippen LogP contribution in [-0.2, 0) is 14.8 Å². The van der Waals surface area contributed by atoms with Crippen LogP contribution in [0.5, 0.6) is 11.5 Å². The Morgan fingerprint density at radius 1 is 1.23 bits per heavy atom. The molecule has 0 spiro atoms. The first-order valence-corrected chi connectivity index (χ1v) is 10.3. The molecule has 2 aromatic carbocycles. The van der Waals surface area contributed by atoms with Gasteiger partial charge in [-0.15, -0.1) is 5.10 Å². The Morgan fingerprint density at radius 3 is 2.61 bits per heavy atom. The van der Waals surface area contributed by atoms with E-state index in [-0.39, 0.29) is 16.4 Å². The van der Waals surface area contributed by atoms with Crippen molar-refractivity contribution in [3.8, 4) is 17.2 Å². The normalized spacial score (nSPS) is 11.5. The molecular formula is C19H19N5O6S. The summed E-state index contributed by atoms with van der Waals surface area (Å²) in [7, 11) is -1.49. The van der Waals surface area contributed by atoms with Gasteiger partial charge in [0.15, 0.2) is 11.5 Å². The van der Waals surface area contributed by atoms with E-state index in [2.05, 4.69) is 20.2 Å². The third kappa shape index (κ3) is 4.64. The number of hydrogen-bond acceptors (Lipinski definition) is 8. The number of nitrogens with zero attached hydrogens (tertiary/aromatic N) is 4. The van der Waals surface area contributed by atoms with Crippen LogP contribution in [0.15, 0.2) is 47.6 Å². The standard InChI is InChI=1S/C19H19N5O6S/c1-12-14(5-4-6-15(12)24-11-20-22-23-24)21-31(27,28)17-10-13(7-8-18(25)26)9-16(29-2)19(17)30-3/h4-11,21H,1-3H3,(H,25,26)/b8-7+. The second-order valence-electron chi connectivity index (χ2n) is 6.24. The third-order valence-corrected chi connectivity index (χ3v) is 5.69. The zero-order valence-corrected chi connectivity index (χ0v) is 17.6. The lowest BCUT2D eigenvalue weighted by molar-refractivity contribution is -0.131. The summed E-state index contributed by atoms with van der Waals surface area (Å²) in [6, 6.07) is 7.76. The number of tetrazole rings is 1. The number of nitrogens with one attached hydrogen (secondary N) is 1. The monoisotopic (exact) mass is 445 g/mol. The van der Waals surface area contributed by atoms with Crippen LogP contribution in [0, 0.1) is 6.92 Å². The summed E-state index contributed by atoms with van der Waals surface area (Å²) < 4.78 is 41.0. The molecule has 3 aromatic rings. The first-order valence-electron chi connectivity index (χ1n) is 8.79. The number of benzene rings is 2. The highest BCUT2D eigenvalue weighted by molar-refractivity contribution is 7.92. The molecule has 0 unspecified atom stereocenters. The molecule has 0 fully saturated rings. The Kier molecular flexibility index (Phi) is 6.20. The highest BCUT2D eigenvalue weighted by atomic mass is 32.2. The van der Waals surface area contributed by atoms with Gasteiger partial charge in [-0.3, -0.25) is 4.72 Å². The smallest absolute Gasteiger partial charge is 0.328 e. The second kappa shape index (κ2) is 8.83. The lowest BCUT2D eigenvalue weighted by Crippen LogP contribution is -2.16. The molecule has 0 bridgehead atoms. The van der Waals surface area contributed by atoms with Gasteiger partial charge in [-0.2, -0.15) is 0 Å². The van der Waals surface area contributed by atoms with Gasteiger partial charge in [-0.05, 0) is 58.8 Å². The summed E-state index contributed by atoms with van der Waals surface area (Å²) in [6.07, 6.45) is 3.55. The van der Waals surface area contributed by atoms with Crippen molar-refractivity contribution in [1.29, 1.82) is 0 Å². The maximum absolute atomic E-state index is 13.3. The number of carboxylic acids is 1. The predicted molar refractivity (Wildman–Crippen MR) is 111 cm³/mol. The number of rotatable bonds is 8. The van der Waals surface area contributed by atoms with Crippen molar-refractivity contribution in [1.82, 2.24) is 20.2 Å². The number of ether oxygens (including phenoxy) is 2. The first-order chi connectivity index (χ1) is 14.8. The largest absolute Gasteiger partial charge is 0.493 e. The molecule has 0 saturated heterocycles. The zero-order valence-electron chi connectivity index (χ0n) is 16.8. The average Bonchev–Trinajstić information content (AvgIpc) is 3.27. The molecule has 0 aliphatic heterocycles. The number of aliphatic carboxylic acids is 1. The molecule has 0 radical (unpaired) electrons. The van der Waals surface area contributed by atoms with E-state index in [1.807, 2.05) is 0 Å². The predicted octanol–water partition coefficient (Wildman–Crippen LogP) is 1.89. The number of hydrogen-bond donors (Lipinski definition) is 2. The van der Waals surface area contributed by atoms with Crippen molar-refractivity contribution < 1.29 is 27.8 Å². The van der Waals surface area contributed by atoms with Gasteiger partial charge < -0.3 is 14.6 Å². The topological polar surface area (TPSA) is 146 Å². The van der Waals surface area contributed by atoms with Crippen LogP contribution >= 0.6 is 0 Å². The highest BCUT2D eigenvalue weighted by Gasteiger charge is 2.25. The fraction of sp³-hybridized carbons (Fsp3) is 0.158. The molecule has 0 aliphatic carbocycles. The van der Waals surface area contributed by atoms with Gasteiger partial charge in [-0.1, -0.05) is 6.07 Å². The molecule has 0 amide bonds. The second-order valence-corrected chi connectivity index (χ2v) is 7.89. The molecule has 0 atom stereocenters. The van der Waals surface area contributed by atoms with Gasteiger partial charge in [0.25, 0.3) is 10.0 Å². The van der Waals surface area contributed by atoms with Gasteiger partial charge in [0.1, 0.15) is 11.2 Å². The molecule has 1 heterocycles. The van der Waals surface area contributed by atoms with Crippen molar-refractivity contribution in [3.63, 3.8) is 0 Å². The van der Waals surface area contributed by atoms with Gasteiger partial charge in [-0.25, -0.2) is 17.9 Å². The number of carboxylic acid groups (broad SMARTS) is 1. The van der Waals surface area contributed by atoms with E-state index in [0.717, 1.165) is 6.08 Å². The fourth-order valence-corrected chi connectivity index (χ4v) is 4.21. The minimum Gasteiger partial charge on any atom is -0.493 e. The Bertz CT molecular complexity index is 1240. The van der Waals surface area contributed by atoms with E-state index in [4.69, 9.17) is 14.6 Å². The molecule has 162 valence electrons. The van der Waals surface area contributed by atoms with Gasteiger partial charge in [0.05, 0.1) is 25.6 Å². The lowest BCUT2D eigenvalue weighted by atomic mass is 10.1. The van der Waals surface area contributed by atoms with Gasteiger partial charge in [0, 0.05) is 6.08 Å². The minimum atomic E-state index is -4.16. The van der Waals surface area contributed by atoms with Crippen molar-refractivity contribution in [2.24, 2.45) is 0 Å². The minimum absolute atomic E-state index is 0.0169. The summed E-state index contributed by atoms with van der Waals surface area (Å²) in [4.78, 5) is 10.6. The molecule has 31 heavy (non-hydrogen) atoms. The molecule has 0 saturated carbocycles. The average molecular weight is 445 g/mol. The first kappa shape index (κ1) is 21.8. The van der Waals surface area contributed by atoms with E-state index < -0.39 is 16.0 Å². The summed E-state index contributed by atoms with van der Waals surface area (Å²) >= 11 is 0. The van der Waals surface area contributed by atoms with Crippen LogP contribution in [0.2, 0.25) is 0 Å². The van der Waals surface area contributed by atoms with Crippen LogP contribution in [0.3, 0.4) is 0 Å². The van der Waals surface area contributed by atoms with Crippen molar-refractivity contribution in [2.45, 2.75) is 11.8 Å². The number of anilines is 1. The molecule has 12 heteroatoms. The summed E-state index contributed by atoms with van der Waals surface area (Å²) in [5.41, 5.74) is 1.79. The van der Waals surface area contributed by atoms with Crippen LogP contribution in [-0.4, -0.2) is 53.9 Å². The Balaban J connectivity index is 2.09. The summed E-state index contributed by atoms with van der Waals surface area (Å²) in [6.45, 7) is 1.72. The third-order valence-electron chi connectivity index (χ3n) is 4.32. The molecule has 3 rings (SSSR count). The Morgan fingerprint density at radius 2 is 2.00 bits per heavy atom. The fourth-order valence-electron chi connectivity index (χ4n) is 2.87. The number of methoxy groups -OCH3 is 2. The molecule has 0 aliphatic rings. The van der Waals surface area contributed by atoms with E-state index in [9.17, 15) is 13.2 Å². The maximum atomic E-state index is 13.3. The van der Waals surface area contributed by atoms with Crippen molar-refractivity contribution in [2.75, 3.05) is 18.9 Å². The number of aromatic nitrogens is 4. The quantitative estimate of drug-likeness (QED) is 0.496. The molecule has 11 nitrogen and oxygen atoms in total. The Labute approximate surface area is 178 Å². The van der Waals surface area contributed by atoms with Gasteiger partial charge in [0.2, 0.25) is 0 Å². The Hall–Kier alpha value is -3.93. The van der Waals surface area contributed by atoms with Crippen LogP contribution in [0.1, 0.15) is 11.1 Å². The molecule has 2 N–H and O–H groups in total. The SMILES string of the molecule is COc1cc(/C=C/C(=O)O)cc(S(=O)(=O)Nc2cccc(-n3cnnn3)c2C)c1OC. The highest BCUT2D eigenvalue weighted by Crippen LogP contribution is 2.37. The summed E-state index contributed by atoms with van der Waals surface area (Å²) in [5.74, 6) is -1.06. The zero-order chi connectivity index (χ0) is 22.6. The van der Waals surface area contributed by atoms with Crippen LogP contribution < -0.4 is 14.2 Å². The van der Waals surface area contributed by atoms with E-state index in [1.54, 1.807) is 25.1 Å². The number of sulfonamides is 1. The lowest BCUT2D eigenvalue weighted by Gasteiger charge is -2.17. The van der Waals surface area contributed by atoms with Crippen molar-refractivity contribution >= 4 is 27.8 Å². The van der Waals surface area contributed by atoms with Gasteiger partial charge >= 0.3 is 5.97 Å². The molecule has 1 aromatic heterocycles. The van der Waals surface area contributed by atoms with E-state index in [0.29, 0.717) is 22.5 Å². The van der Waals surface area contributed by atoms with E-state index in [1.165, 1.54) is 43.4 Å².